The molecule has 130 valence electrons. The molecule has 2 rings (SSSR count). The predicted molar refractivity (Wildman–Crippen MR) is 111 cm³/mol. The highest BCUT2D eigenvalue weighted by Crippen LogP contribution is 2.54. The van der Waals surface area contributed by atoms with Gasteiger partial charge in [-0.2, -0.15) is 0 Å². The minimum absolute atomic E-state index is 0.271. The van der Waals surface area contributed by atoms with Gasteiger partial charge in [0, 0.05) is 12.4 Å². The highest BCUT2D eigenvalue weighted by atomic mass is 31.1. The molecule has 0 radical (unpaired) electrons. The van der Waals surface area contributed by atoms with E-state index in [4.69, 9.17) is 0 Å². The fraction of sp³-hybridized carbons (Fsp3) is 0.500. The molecule has 24 heavy (non-hydrogen) atoms. The van der Waals surface area contributed by atoms with Crippen LogP contribution in [0.15, 0.2) is 48.8 Å². The summed E-state index contributed by atoms with van der Waals surface area (Å²) < 4.78 is 0. The average molecular weight is 360 g/mol. The van der Waals surface area contributed by atoms with Gasteiger partial charge in [0.1, 0.15) is 0 Å². The molecule has 0 bridgehead atoms. The number of nitrogens with zero attached hydrogens (tertiary/aromatic N) is 2. The van der Waals surface area contributed by atoms with Crippen molar-refractivity contribution in [2.24, 2.45) is 0 Å². The SMILES string of the molecule is CC(C)(C)[P@](CC[P@@](c1ccccn1)C(C)(C)C)c1ccccn1. The first-order valence-electron chi connectivity index (χ1n) is 8.57. The molecule has 0 aliphatic carbocycles. The van der Waals surface area contributed by atoms with Crippen LogP contribution < -0.4 is 10.9 Å². The maximum Gasteiger partial charge on any atom is 0.0636 e. The Morgan fingerprint density at radius 2 is 1.04 bits per heavy atom. The van der Waals surface area contributed by atoms with Crippen LogP contribution in [0.3, 0.4) is 0 Å². The third kappa shape index (κ3) is 5.33. The lowest BCUT2D eigenvalue weighted by Gasteiger charge is -2.35. The number of rotatable bonds is 5. The zero-order chi connectivity index (χ0) is 17.8. The molecule has 0 amide bonds. The van der Waals surface area contributed by atoms with Crippen LogP contribution >= 0.6 is 15.8 Å². The van der Waals surface area contributed by atoms with Gasteiger partial charge in [-0.25, -0.2) is 0 Å². The normalized spacial score (nSPS) is 15.1. The van der Waals surface area contributed by atoms with E-state index in [0.717, 1.165) is 0 Å². The van der Waals surface area contributed by atoms with Crippen molar-refractivity contribution in [1.29, 1.82) is 0 Å². The first-order valence-corrected chi connectivity index (χ1v) is 11.6. The maximum atomic E-state index is 4.68. The summed E-state index contributed by atoms with van der Waals surface area (Å²) in [4.78, 5) is 9.36. The van der Waals surface area contributed by atoms with Crippen LogP contribution in [0.25, 0.3) is 0 Å². The van der Waals surface area contributed by atoms with Gasteiger partial charge in [-0.15, -0.1) is 0 Å². The average Bonchev–Trinajstić information content (AvgIpc) is 2.51. The minimum atomic E-state index is -0.290. The van der Waals surface area contributed by atoms with Gasteiger partial charge in [0.2, 0.25) is 0 Å². The van der Waals surface area contributed by atoms with E-state index >= 15 is 0 Å². The molecule has 2 aromatic heterocycles. The predicted octanol–water partition coefficient (Wildman–Crippen LogP) is 4.99. The summed E-state index contributed by atoms with van der Waals surface area (Å²) in [6.45, 7) is 14.1. The number of aromatic nitrogens is 2. The summed E-state index contributed by atoms with van der Waals surface area (Å²) in [6.07, 6.45) is 6.30. The maximum absolute atomic E-state index is 4.68. The Balaban J connectivity index is 2.23. The fourth-order valence-corrected chi connectivity index (χ4v) is 8.53. The van der Waals surface area contributed by atoms with Crippen molar-refractivity contribution in [3.63, 3.8) is 0 Å². The molecule has 0 aromatic carbocycles. The van der Waals surface area contributed by atoms with Gasteiger partial charge in [-0.3, -0.25) is 9.97 Å². The molecule has 2 aromatic rings. The van der Waals surface area contributed by atoms with Crippen LogP contribution in [0.1, 0.15) is 41.5 Å². The van der Waals surface area contributed by atoms with Crippen LogP contribution in [0.4, 0.5) is 0 Å². The number of hydrogen-bond acceptors (Lipinski definition) is 2. The van der Waals surface area contributed by atoms with Gasteiger partial charge in [0.25, 0.3) is 0 Å². The topological polar surface area (TPSA) is 25.8 Å². The Hall–Kier alpha value is -0.840. The van der Waals surface area contributed by atoms with Crippen molar-refractivity contribution in [2.45, 2.75) is 51.9 Å². The summed E-state index contributed by atoms with van der Waals surface area (Å²) >= 11 is 0. The van der Waals surface area contributed by atoms with Crippen LogP contribution in [-0.4, -0.2) is 32.6 Å². The smallest absolute Gasteiger partial charge is 0.0636 e. The summed E-state index contributed by atoms with van der Waals surface area (Å²) in [5.41, 5.74) is 2.56. The molecule has 0 N–H and O–H groups in total. The summed E-state index contributed by atoms with van der Waals surface area (Å²) in [5, 5.41) is 0.541. The van der Waals surface area contributed by atoms with Crippen molar-refractivity contribution < 1.29 is 0 Å². The molecule has 2 nitrogen and oxygen atoms in total. The molecular formula is C20H30N2P2. The van der Waals surface area contributed by atoms with Gasteiger partial charge >= 0.3 is 0 Å². The molecule has 0 saturated carbocycles. The lowest BCUT2D eigenvalue weighted by molar-refractivity contribution is 0.779. The lowest BCUT2D eigenvalue weighted by Crippen LogP contribution is -2.28. The molecule has 0 aliphatic rings. The van der Waals surface area contributed by atoms with Crippen molar-refractivity contribution in [3.05, 3.63) is 48.8 Å². The van der Waals surface area contributed by atoms with E-state index in [-0.39, 0.29) is 26.2 Å². The summed E-state index contributed by atoms with van der Waals surface area (Å²) in [7, 11) is -0.579. The zero-order valence-corrected chi connectivity index (χ0v) is 17.6. The van der Waals surface area contributed by atoms with Crippen molar-refractivity contribution in [1.82, 2.24) is 9.97 Å². The van der Waals surface area contributed by atoms with Crippen molar-refractivity contribution in [2.75, 3.05) is 12.3 Å². The van der Waals surface area contributed by atoms with Crippen molar-refractivity contribution in [3.8, 4) is 0 Å². The Morgan fingerprint density at radius 3 is 1.29 bits per heavy atom. The summed E-state index contributed by atoms with van der Waals surface area (Å²) in [5.74, 6) is 0. The van der Waals surface area contributed by atoms with Gasteiger partial charge < -0.3 is 0 Å². The molecule has 0 unspecified atom stereocenters. The molecular weight excluding hydrogens is 330 g/mol. The van der Waals surface area contributed by atoms with E-state index in [9.17, 15) is 0 Å². The molecule has 2 heterocycles. The first kappa shape index (κ1) is 19.5. The minimum Gasteiger partial charge on any atom is -0.257 e. The van der Waals surface area contributed by atoms with E-state index < -0.39 is 0 Å². The second-order valence-corrected chi connectivity index (χ2v) is 14.2. The summed E-state index contributed by atoms with van der Waals surface area (Å²) in [6, 6.07) is 12.7. The fourth-order valence-electron chi connectivity index (χ4n) is 2.81. The third-order valence-corrected chi connectivity index (χ3v) is 10.6. The van der Waals surface area contributed by atoms with Crippen LogP contribution in [0.2, 0.25) is 0 Å². The van der Waals surface area contributed by atoms with E-state index in [1.54, 1.807) is 0 Å². The molecule has 0 saturated heterocycles. The Bertz CT molecular complexity index is 558. The second-order valence-electron chi connectivity index (χ2n) is 8.02. The van der Waals surface area contributed by atoms with Gasteiger partial charge in [0.05, 0.1) is 10.9 Å². The molecule has 0 spiro atoms. The Morgan fingerprint density at radius 1 is 0.667 bits per heavy atom. The van der Waals surface area contributed by atoms with Crippen LogP contribution in [0.5, 0.6) is 0 Å². The Labute approximate surface area is 150 Å². The molecule has 2 atom stereocenters. The van der Waals surface area contributed by atoms with E-state index in [1.165, 1.54) is 23.2 Å². The number of pyridine rings is 2. The van der Waals surface area contributed by atoms with Crippen LogP contribution in [0, 0.1) is 0 Å². The highest BCUT2D eigenvalue weighted by molar-refractivity contribution is 7.70. The van der Waals surface area contributed by atoms with E-state index in [0.29, 0.717) is 0 Å². The lowest BCUT2D eigenvalue weighted by atomic mass is 10.3. The largest absolute Gasteiger partial charge is 0.257 e. The standard InChI is InChI=1S/C20H30N2P2/c1-19(2,3)23(17-11-7-9-13-21-17)15-16-24(20(4,5)6)18-12-8-10-14-22-18/h7-14H,15-16H2,1-6H3/t23-,24+. The quantitative estimate of drug-likeness (QED) is 0.702. The van der Waals surface area contributed by atoms with Crippen molar-refractivity contribution >= 4 is 26.7 Å². The highest BCUT2D eigenvalue weighted by Gasteiger charge is 2.31. The van der Waals surface area contributed by atoms with Gasteiger partial charge in [-0.1, -0.05) is 53.7 Å². The monoisotopic (exact) mass is 360 g/mol. The Kier molecular flexibility index (Phi) is 6.52. The molecule has 4 heteroatoms. The first-order chi connectivity index (χ1) is 11.2. The zero-order valence-electron chi connectivity index (χ0n) is 15.8. The van der Waals surface area contributed by atoms with E-state index in [1.807, 2.05) is 24.5 Å². The number of hydrogen-bond donors (Lipinski definition) is 0. The van der Waals surface area contributed by atoms with Gasteiger partial charge in [-0.05, 0) is 62.7 Å². The molecule has 0 fully saturated rings. The second kappa shape index (κ2) is 8.03. The van der Waals surface area contributed by atoms with Gasteiger partial charge in [0.15, 0.2) is 0 Å². The van der Waals surface area contributed by atoms with E-state index in [2.05, 4.69) is 75.8 Å². The molecule has 0 aliphatic heterocycles. The van der Waals surface area contributed by atoms with Crippen LogP contribution in [-0.2, 0) is 0 Å². The third-order valence-electron chi connectivity index (χ3n) is 4.02.